The summed E-state index contributed by atoms with van der Waals surface area (Å²) in [7, 11) is 0. The van der Waals surface area contributed by atoms with E-state index in [2.05, 4.69) is 4.98 Å². The number of amides is 1. The van der Waals surface area contributed by atoms with Gasteiger partial charge in [-0.1, -0.05) is 35.9 Å². The Morgan fingerprint density at radius 3 is 2.83 bits per heavy atom. The second-order valence-corrected chi connectivity index (χ2v) is 7.80. The van der Waals surface area contributed by atoms with E-state index in [4.69, 9.17) is 20.8 Å². The predicted molar refractivity (Wildman–Crippen MR) is 111 cm³/mol. The van der Waals surface area contributed by atoms with Crippen molar-refractivity contribution in [2.24, 2.45) is 0 Å². The van der Waals surface area contributed by atoms with E-state index in [1.54, 1.807) is 23.2 Å². The number of carbonyl (C=O) groups is 1. The lowest BCUT2D eigenvalue weighted by Crippen LogP contribution is -2.41. The summed E-state index contributed by atoms with van der Waals surface area (Å²) in [6, 6.07) is 13.7. The first-order valence-electron chi connectivity index (χ1n) is 9.92. The molecule has 2 heterocycles. The normalized spacial score (nSPS) is 16.5. The van der Waals surface area contributed by atoms with Gasteiger partial charge in [-0.3, -0.25) is 4.79 Å². The van der Waals surface area contributed by atoms with Gasteiger partial charge < -0.3 is 14.1 Å². The van der Waals surface area contributed by atoms with Gasteiger partial charge in [0.05, 0.1) is 12.1 Å². The van der Waals surface area contributed by atoms with Crippen LogP contribution in [0.3, 0.4) is 0 Å². The molecule has 30 heavy (non-hydrogen) atoms. The number of aromatic nitrogens is 1. The summed E-state index contributed by atoms with van der Waals surface area (Å²) >= 11 is 5.93. The number of para-hydroxylation sites is 1. The number of piperidine rings is 1. The van der Waals surface area contributed by atoms with Crippen molar-refractivity contribution in [2.45, 2.75) is 25.2 Å². The molecule has 156 valence electrons. The molecule has 7 heteroatoms. The SMILES string of the molecule is O=C(COc1ccccc1F)N1CCC[C@@H](c2ncc(Cc3ccc(Cl)cc3)o2)C1. The second kappa shape index (κ2) is 9.30. The molecule has 1 atom stereocenters. The van der Waals surface area contributed by atoms with Gasteiger partial charge in [-0.25, -0.2) is 9.37 Å². The number of nitrogens with zero attached hydrogens (tertiary/aromatic N) is 2. The van der Waals surface area contributed by atoms with Gasteiger partial charge in [-0.05, 0) is 42.7 Å². The van der Waals surface area contributed by atoms with Gasteiger partial charge in [0.1, 0.15) is 5.76 Å². The van der Waals surface area contributed by atoms with Crippen molar-refractivity contribution in [3.05, 3.63) is 82.8 Å². The Bertz CT molecular complexity index is 1010. The predicted octanol–water partition coefficient (Wildman–Crippen LogP) is 4.84. The monoisotopic (exact) mass is 428 g/mol. The minimum absolute atomic E-state index is 0.0372. The zero-order chi connectivity index (χ0) is 20.9. The number of oxazole rings is 1. The Labute approximate surface area is 179 Å². The molecule has 0 aliphatic carbocycles. The van der Waals surface area contributed by atoms with E-state index in [-0.39, 0.29) is 24.2 Å². The first-order chi connectivity index (χ1) is 14.6. The van der Waals surface area contributed by atoms with E-state index in [1.165, 1.54) is 12.1 Å². The molecule has 1 aliphatic rings. The molecule has 0 bridgehead atoms. The van der Waals surface area contributed by atoms with Crippen LogP contribution in [0.25, 0.3) is 0 Å². The summed E-state index contributed by atoms with van der Waals surface area (Å²) in [4.78, 5) is 18.7. The molecule has 4 rings (SSSR count). The Morgan fingerprint density at radius 2 is 2.03 bits per heavy atom. The molecule has 1 fully saturated rings. The number of hydrogen-bond donors (Lipinski definition) is 0. The van der Waals surface area contributed by atoms with E-state index in [0.717, 1.165) is 24.2 Å². The Hall–Kier alpha value is -2.86. The summed E-state index contributed by atoms with van der Waals surface area (Å²) in [6.45, 7) is 0.968. The molecule has 1 aromatic heterocycles. The number of carbonyl (C=O) groups excluding carboxylic acids is 1. The first-order valence-corrected chi connectivity index (χ1v) is 10.3. The molecular formula is C23H22ClFN2O3. The van der Waals surface area contributed by atoms with Gasteiger partial charge in [0.15, 0.2) is 24.1 Å². The number of likely N-dealkylation sites (tertiary alicyclic amines) is 1. The highest BCUT2D eigenvalue weighted by Crippen LogP contribution is 2.27. The molecule has 2 aromatic carbocycles. The largest absolute Gasteiger partial charge is 0.481 e. The fraction of sp³-hybridized carbons (Fsp3) is 0.304. The second-order valence-electron chi connectivity index (χ2n) is 7.37. The van der Waals surface area contributed by atoms with E-state index in [9.17, 15) is 9.18 Å². The summed E-state index contributed by atoms with van der Waals surface area (Å²) in [6.07, 6.45) is 4.13. The standard InChI is InChI=1S/C23H22ClFN2O3/c24-18-9-7-16(8-10-18)12-19-13-26-23(30-19)17-4-3-11-27(14-17)22(28)15-29-21-6-2-1-5-20(21)25/h1-2,5-10,13,17H,3-4,11-12,14-15H2/t17-/m1/s1. The fourth-order valence-electron chi connectivity index (χ4n) is 3.59. The number of benzene rings is 2. The third-order valence-corrected chi connectivity index (χ3v) is 5.43. The summed E-state index contributed by atoms with van der Waals surface area (Å²) < 4.78 is 25.0. The molecule has 1 aliphatic heterocycles. The molecule has 0 spiro atoms. The van der Waals surface area contributed by atoms with Crippen LogP contribution in [0, 0.1) is 5.82 Å². The van der Waals surface area contributed by atoms with Crippen LogP contribution < -0.4 is 4.74 Å². The molecule has 0 saturated carbocycles. The van der Waals surface area contributed by atoms with Crippen molar-refractivity contribution in [1.29, 1.82) is 0 Å². The van der Waals surface area contributed by atoms with Crippen molar-refractivity contribution in [3.63, 3.8) is 0 Å². The lowest BCUT2D eigenvalue weighted by atomic mass is 9.98. The zero-order valence-corrected chi connectivity index (χ0v) is 17.1. The third-order valence-electron chi connectivity index (χ3n) is 5.17. The summed E-state index contributed by atoms with van der Waals surface area (Å²) in [5.41, 5.74) is 1.09. The average molecular weight is 429 g/mol. The minimum atomic E-state index is -0.477. The van der Waals surface area contributed by atoms with Crippen molar-refractivity contribution in [2.75, 3.05) is 19.7 Å². The van der Waals surface area contributed by atoms with Crippen molar-refractivity contribution >= 4 is 17.5 Å². The number of rotatable bonds is 6. The average Bonchev–Trinajstić information content (AvgIpc) is 3.23. The lowest BCUT2D eigenvalue weighted by molar-refractivity contribution is -0.134. The molecular weight excluding hydrogens is 407 g/mol. The molecule has 5 nitrogen and oxygen atoms in total. The lowest BCUT2D eigenvalue weighted by Gasteiger charge is -2.31. The van der Waals surface area contributed by atoms with Crippen LogP contribution >= 0.6 is 11.6 Å². The first kappa shape index (κ1) is 20.4. The van der Waals surface area contributed by atoms with E-state index in [1.807, 2.05) is 24.3 Å². The zero-order valence-electron chi connectivity index (χ0n) is 16.4. The molecule has 0 N–H and O–H groups in total. The maximum absolute atomic E-state index is 13.7. The van der Waals surface area contributed by atoms with Crippen LogP contribution in [0.5, 0.6) is 5.75 Å². The van der Waals surface area contributed by atoms with Crippen LogP contribution in [0.15, 0.2) is 59.1 Å². The minimum Gasteiger partial charge on any atom is -0.481 e. The highest BCUT2D eigenvalue weighted by Gasteiger charge is 2.28. The van der Waals surface area contributed by atoms with Crippen LogP contribution in [-0.4, -0.2) is 35.5 Å². The van der Waals surface area contributed by atoms with Gasteiger partial charge in [0.2, 0.25) is 0 Å². The van der Waals surface area contributed by atoms with E-state index >= 15 is 0 Å². The highest BCUT2D eigenvalue weighted by atomic mass is 35.5. The third kappa shape index (κ3) is 5.00. The quantitative estimate of drug-likeness (QED) is 0.563. The van der Waals surface area contributed by atoms with Crippen molar-refractivity contribution in [3.8, 4) is 5.75 Å². The smallest absolute Gasteiger partial charge is 0.260 e. The molecule has 0 unspecified atom stereocenters. The highest BCUT2D eigenvalue weighted by molar-refractivity contribution is 6.30. The van der Waals surface area contributed by atoms with Crippen molar-refractivity contribution < 1.29 is 18.3 Å². The van der Waals surface area contributed by atoms with Gasteiger partial charge in [-0.2, -0.15) is 0 Å². The molecule has 1 saturated heterocycles. The number of halogens is 2. The number of ether oxygens (including phenoxy) is 1. The van der Waals surface area contributed by atoms with Gasteiger partial charge in [0.25, 0.3) is 5.91 Å². The fourth-order valence-corrected chi connectivity index (χ4v) is 3.72. The van der Waals surface area contributed by atoms with Crippen LogP contribution in [-0.2, 0) is 11.2 Å². The molecule has 0 radical (unpaired) electrons. The summed E-state index contributed by atoms with van der Waals surface area (Å²) in [5, 5.41) is 0.697. The topological polar surface area (TPSA) is 55.6 Å². The van der Waals surface area contributed by atoms with E-state index in [0.29, 0.717) is 30.4 Å². The van der Waals surface area contributed by atoms with Gasteiger partial charge in [0, 0.05) is 24.5 Å². The Morgan fingerprint density at radius 1 is 1.23 bits per heavy atom. The van der Waals surface area contributed by atoms with Crippen LogP contribution in [0.4, 0.5) is 4.39 Å². The maximum Gasteiger partial charge on any atom is 0.260 e. The van der Waals surface area contributed by atoms with E-state index < -0.39 is 5.82 Å². The number of hydrogen-bond acceptors (Lipinski definition) is 4. The maximum atomic E-state index is 13.7. The molecule has 1 amide bonds. The van der Waals surface area contributed by atoms with Crippen LogP contribution in [0.1, 0.15) is 36.0 Å². The molecule has 3 aromatic rings. The Kier molecular flexibility index (Phi) is 6.33. The van der Waals surface area contributed by atoms with Gasteiger partial charge >= 0.3 is 0 Å². The van der Waals surface area contributed by atoms with Crippen molar-refractivity contribution in [1.82, 2.24) is 9.88 Å². The van der Waals surface area contributed by atoms with Gasteiger partial charge in [-0.15, -0.1) is 0 Å². The Balaban J connectivity index is 1.34. The van der Waals surface area contributed by atoms with Crippen LogP contribution in [0.2, 0.25) is 5.02 Å². The summed E-state index contributed by atoms with van der Waals surface area (Å²) in [5.74, 6) is 0.893.